The smallest absolute Gasteiger partial charge is 0.264 e. The maximum atomic E-state index is 13.6. The summed E-state index contributed by atoms with van der Waals surface area (Å²) in [5.41, 5.74) is 11.9. The number of hydrogen-bond donors (Lipinski definition) is 2. The molecule has 0 saturated carbocycles. The lowest BCUT2D eigenvalue weighted by molar-refractivity contribution is -0.142. The molecule has 1 aromatic carbocycles. The molecule has 1 unspecified atom stereocenters. The van der Waals surface area contributed by atoms with Gasteiger partial charge >= 0.3 is 0 Å². The van der Waals surface area contributed by atoms with Gasteiger partial charge in [0.15, 0.2) is 5.58 Å². The molecule has 4 N–H and O–H groups in total. The van der Waals surface area contributed by atoms with Gasteiger partial charge in [-0.15, -0.1) is 0 Å². The predicted molar refractivity (Wildman–Crippen MR) is 122 cm³/mol. The highest BCUT2D eigenvalue weighted by atomic mass is 16.5. The quantitative estimate of drug-likeness (QED) is 0.469. The molecular weight excluding hydrogens is 408 g/mol. The van der Waals surface area contributed by atoms with E-state index in [4.69, 9.17) is 16.0 Å². The van der Waals surface area contributed by atoms with Gasteiger partial charge in [0.1, 0.15) is 10.8 Å². The molecule has 3 aromatic rings. The summed E-state index contributed by atoms with van der Waals surface area (Å²) in [6, 6.07) is 11.2. The van der Waals surface area contributed by atoms with E-state index in [0.29, 0.717) is 35.2 Å². The summed E-state index contributed by atoms with van der Waals surface area (Å²) in [7, 11) is 0. The fourth-order valence-corrected chi connectivity index (χ4v) is 4.58. The molecule has 8 heteroatoms. The third kappa shape index (κ3) is 3.92. The van der Waals surface area contributed by atoms with Crippen LogP contribution in [0.2, 0.25) is 0 Å². The molecule has 0 radical (unpaired) electrons. The number of fused-ring (bicyclic) bond motifs is 1. The summed E-state index contributed by atoms with van der Waals surface area (Å²) >= 11 is 0. The number of rotatable bonds is 10. The van der Waals surface area contributed by atoms with Crippen LogP contribution in [0.1, 0.15) is 62.4 Å². The Kier molecular flexibility index (Phi) is 6.81. The van der Waals surface area contributed by atoms with E-state index in [2.05, 4.69) is 5.16 Å². The number of carbonyl (C=O) groups excluding carboxylic acids is 2. The minimum atomic E-state index is -1.63. The molecule has 170 valence electrons. The third-order valence-corrected chi connectivity index (χ3v) is 6.29. The molecule has 2 amide bonds. The Morgan fingerprint density at radius 1 is 1.16 bits per heavy atom. The first-order valence-corrected chi connectivity index (χ1v) is 10.9. The van der Waals surface area contributed by atoms with Crippen molar-refractivity contribution in [2.75, 3.05) is 0 Å². The van der Waals surface area contributed by atoms with Crippen LogP contribution in [-0.4, -0.2) is 21.5 Å². The van der Waals surface area contributed by atoms with Crippen molar-refractivity contribution in [3.8, 4) is 0 Å². The van der Waals surface area contributed by atoms with Crippen LogP contribution in [0.3, 0.4) is 0 Å². The number of aryl methyl sites for hydroxylation is 1. The van der Waals surface area contributed by atoms with E-state index in [9.17, 15) is 14.4 Å². The fourth-order valence-electron chi connectivity index (χ4n) is 4.58. The summed E-state index contributed by atoms with van der Waals surface area (Å²) in [6.07, 6.45) is 1.94. The summed E-state index contributed by atoms with van der Waals surface area (Å²) in [6.45, 7) is 5.77. The van der Waals surface area contributed by atoms with Crippen LogP contribution in [-0.2, 0) is 16.1 Å². The lowest BCUT2D eigenvalue weighted by Gasteiger charge is -2.36. The number of primary amides is 2. The van der Waals surface area contributed by atoms with Gasteiger partial charge in [0, 0.05) is 17.7 Å². The molecule has 3 rings (SSSR count). The number of hydrogen-bond acceptors (Lipinski definition) is 5. The number of unbranched alkanes of at least 4 members (excludes halogenated alkanes) is 1. The lowest BCUT2D eigenvalue weighted by atomic mass is 9.67. The van der Waals surface area contributed by atoms with Crippen molar-refractivity contribution < 1.29 is 14.1 Å². The monoisotopic (exact) mass is 438 g/mol. The van der Waals surface area contributed by atoms with Gasteiger partial charge in [-0.05, 0) is 25.3 Å². The van der Waals surface area contributed by atoms with E-state index in [1.165, 1.54) is 0 Å². The van der Waals surface area contributed by atoms with Crippen LogP contribution in [0.15, 0.2) is 45.7 Å². The van der Waals surface area contributed by atoms with Crippen molar-refractivity contribution in [2.24, 2.45) is 16.9 Å². The Labute approximate surface area is 186 Å². The summed E-state index contributed by atoms with van der Waals surface area (Å²) in [5, 5.41) is 4.31. The molecule has 0 spiro atoms. The molecule has 0 aliphatic heterocycles. The van der Waals surface area contributed by atoms with Crippen LogP contribution in [0.4, 0.5) is 0 Å². The van der Waals surface area contributed by atoms with Crippen molar-refractivity contribution in [3.63, 3.8) is 0 Å². The molecule has 0 saturated heterocycles. The number of benzene rings is 1. The second kappa shape index (κ2) is 9.38. The van der Waals surface area contributed by atoms with Crippen molar-refractivity contribution in [1.29, 1.82) is 0 Å². The standard InChI is InChI=1S/C24H30N4O4/c1-4-6-12-24(22(25)30,23(26)31)17(5-2)18-13-19-20(15(3)27-32-19)21(29)28(18)14-16-10-8-7-9-11-16/h7-11,13,17H,4-6,12,14H2,1-3H3,(H2,25,30)(H2,26,31). The highest BCUT2D eigenvalue weighted by Gasteiger charge is 2.50. The minimum absolute atomic E-state index is 0.208. The molecule has 32 heavy (non-hydrogen) atoms. The molecule has 2 aromatic heterocycles. The van der Waals surface area contributed by atoms with Crippen LogP contribution >= 0.6 is 0 Å². The minimum Gasteiger partial charge on any atom is -0.369 e. The maximum Gasteiger partial charge on any atom is 0.264 e. The van der Waals surface area contributed by atoms with Gasteiger partial charge < -0.3 is 20.6 Å². The zero-order valence-corrected chi connectivity index (χ0v) is 18.8. The molecule has 0 bridgehead atoms. The topological polar surface area (TPSA) is 134 Å². The van der Waals surface area contributed by atoms with Gasteiger partial charge in [-0.2, -0.15) is 0 Å². The zero-order valence-electron chi connectivity index (χ0n) is 18.8. The molecule has 2 heterocycles. The number of nitrogens with zero attached hydrogens (tertiary/aromatic N) is 2. The van der Waals surface area contributed by atoms with E-state index in [0.717, 1.165) is 12.0 Å². The summed E-state index contributed by atoms with van der Waals surface area (Å²) in [4.78, 5) is 39.1. The highest BCUT2D eigenvalue weighted by molar-refractivity contribution is 6.04. The fraction of sp³-hybridized carbons (Fsp3) is 0.417. The zero-order chi connectivity index (χ0) is 23.5. The highest BCUT2D eigenvalue weighted by Crippen LogP contribution is 2.43. The molecule has 0 aliphatic rings. The van der Waals surface area contributed by atoms with Crippen LogP contribution < -0.4 is 17.0 Å². The first-order valence-electron chi connectivity index (χ1n) is 10.9. The number of amides is 2. The van der Waals surface area contributed by atoms with Crippen LogP contribution in [0, 0.1) is 12.3 Å². The van der Waals surface area contributed by atoms with E-state index in [1.807, 2.05) is 44.2 Å². The van der Waals surface area contributed by atoms with E-state index >= 15 is 0 Å². The number of nitrogens with two attached hydrogens (primary N) is 2. The van der Waals surface area contributed by atoms with Gasteiger partial charge in [-0.1, -0.05) is 62.2 Å². The van der Waals surface area contributed by atoms with Crippen LogP contribution in [0.25, 0.3) is 11.0 Å². The second-order valence-electron chi connectivity index (χ2n) is 8.22. The van der Waals surface area contributed by atoms with Gasteiger partial charge in [-0.3, -0.25) is 14.4 Å². The third-order valence-electron chi connectivity index (χ3n) is 6.29. The molecule has 0 fully saturated rings. The normalized spacial score (nSPS) is 12.7. The average Bonchev–Trinajstić information content (AvgIpc) is 3.14. The Balaban J connectivity index is 2.32. The SMILES string of the molecule is CCCCC(C(N)=O)(C(N)=O)C(CC)c1cc2onc(C)c2c(=O)n1Cc1ccccc1. The molecule has 1 atom stereocenters. The maximum absolute atomic E-state index is 13.6. The van der Waals surface area contributed by atoms with E-state index < -0.39 is 23.1 Å². The molecular formula is C24H30N4O4. The summed E-state index contributed by atoms with van der Waals surface area (Å²) in [5.74, 6) is -2.26. The Bertz CT molecular complexity index is 1170. The lowest BCUT2D eigenvalue weighted by Crippen LogP contribution is -2.52. The Morgan fingerprint density at radius 3 is 2.38 bits per heavy atom. The average molecular weight is 439 g/mol. The number of carbonyl (C=O) groups is 2. The van der Waals surface area contributed by atoms with Crippen molar-refractivity contribution in [3.05, 3.63) is 63.7 Å². The first kappa shape index (κ1) is 23.2. The van der Waals surface area contributed by atoms with Gasteiger partial charge in [0.25, 0.3) is 5.56 Å². The summed E-state index contributed by atoms with van der Waals surface area (Å²) < 4.78 is 6.98. The van der Waals surface area contributed by atoms with Crippen molar-refractivity contribution >= 4 is 22.8 Å². The first-order chi connectivity index (χ1) is 15.3. The molecule has 8 nitrogen and oxygen atoms in total. The number of pyridine rings is 1. The van der Waals surface area contributed by atoms with Gasteiger partial charge in [0.2, 0.25) is 11.8 Å². The van der Waals surface area contributed by atoms with E-state index in [1.54, 1.807) is 17.6 Å². The Morgan fingerprint density at radius 2 is 1.81 bits per heavy atom. The molecule has 0 aliphatic carbocycles. The van der Waals surface area contributed by atoms with Crippen LogP contribution in [0.5, 0.6) is 0 Å². The largest absolute Gasteiger partial charge is 0.369 e. The predicted octanol–water partition coefficient (Wildman–Crippen LogP) is 2.99. The van der Waals surface area contributed by atoms with Gasteiger partial charge in [0.05, 0.1) is 12.2 Å². The van der Waals surface area contributed by atoms with E-state index in [-0.39, 0.29) is 18.5 Å². The number of aromatic nitrogens is 2. The van der Waals surface area contributed by atoms with Gasteiger partial charge in [-0.25, -0.2) is 0 Å². The Hall–Kier alpha value is -3.42. The van der Waals surface area contributed by atoms with Crippen molar-refractivity contribution in [2.45, 2.75) is 58.9 Å². The van der Waals surface area contributed by atoms with Crippen molar-refractivity contribution in [1.82, 2.24) is 9.72 Å². The second-order valence-corrected chi connectivity index (χ2v) is 8.22.